The fourth-order valence-electron chi connectivity index (χ4n) is 3.32. The van der Waals surface area contributed by atoms with E-state index in [1.807, 2.05) is 6.20 Å². The minimum atomic E-state index is 0.0855. The highest BCUT2D eigenvalue weighted by Gasteiger charge is 2.30. The summed E-state index contributed by atoms with van der Waals surface area (Å²) in [7, 11) is 0. The van der Waals surface area contributed by atoms with Gasteiger partial charge in [0.2, 0.25) is 0 Å². The molecule has 1 aromatic heterocycles. The molecule has 0 unspecified atom stereocenters. The molecule has 0 N–H and O–H groups in total. The van der Waals surface area contributed by atoms with Crippen LogP contribution in [0.5, 0.6) is 0 Å². The van der Waals surface area contributed by atoms with Gasteiger partial charge in [0.1, 0.15) is 0 Å². The van der Waals surface area contributed by atoms with E-state index in [-0.39, 0.29) is 5.41 Å². The summed E-state index contributed by atoms with van der Waals surface area (Å²) >= 11 is 0. The lowest BCUT2D eigenvalue weighted by Crippen LogP contribution is -2.23. The van der Waals surface area contributed by atoms with Crippen LogP contribution in [-0.2, 0) is 11.8 Å². The zero-order valence-corrected chi connectivity index (χ0v) is 14.0. The van der Waals surface area contributed by atoms with Crippen molar-refractivity contribution >= 4 is 16.8 Å². The first-order valence-electron chi connectivity index (χ1n) is 7.79. The summed E-state index contributed by atoms with van der Waals surface area (Å²) in [6.45, 7) is 13.8. The molecule has 0 spiro atoms. The number of pyridine rings is 1. The van der Waals surface area contributed by atoms with E-state index in [4.69, 9.17) is 0 Å². The maximum atomic E-state index is 4.58. The molecular formula is C20H25N. The molecule has 1 heteroatoms. The number of benzene rings is 1. The molecule has 3 rings (SSSR count). The molecule has 1 heterocycles. The lowest BCUT2D eigenvalue weighted by Gasteiger charge is -2.33. The van der Waals surface area contributed by atoms with Crippen molar-refractivity contribution in [2.45, 2.75) is 53.4 Å². The van der Waals surface area contributed by atoms with Gasteiger partial charge in [-0.3, -0.25) is 4.98 Å². The summed E-state index contributed by atoms with van der Waals surface area (Å²) in [6, 6.07) is 6.91. The van der Waals surface area contributed by atoms with E-state index in [1.165, 1.54) is 27.5 Å². The van der Waals surface area contributed by atoms with Gasteiger partial charge in [0.25, 0.3) is 0 Å². The quantitative estimate of drug-likeness (QED) is 0.670. The molecule has 1 nitrogen and oxygen atoms in total. The third-order valence-corrected chi connectivity index (χ3v) is 4.70. The van der Waals surface area contributed by atoms with E-state index in [0.717, 1.165) is 12.1 Å². The predicted octanol–water partition coefficient (Wildman–Crippen LogP) is 5.52. The molecule has 0 radical (unpaired) electrons. The topological polar surface area (TPSA) is 12.9 Å². The zero-order valence-electron chi connectivity index (χ0n) is 14.0. The van der Waals surface area contributed by atoms with E-state index < -0.39 is 0 Å². The molecule has 0 saturated carbocycles. The molecule has 0 amide bonds. The van der Waals surface area contributed by atoms with Gasteiger partial charge in [0.15, 0.2) is 0 Å². The van der Waals surface area contributed by atoms with Crippen molar-refractivity contribution in [3.8, 4) is 0 Å². The maximum Gasteiger partial charge on any atom is 0.0710 e. The first kappa shape index (κ1) is 14.3. The second-order valence-corrected chi connectivity index (χ2v) is 8.13. The average Bonchev–Trinajstić information content (AvgIpc) is 2.34. The molecule has 1 aromatic carbocycles. The summed E-state index contributed by atoms with van der Waals surface area (Å²) in [5, 5.41) is 2.67. The number of hydrogen-bond acceptors (Lipinski definition) is 1. The van der Waals surface area contributed by atoms with Crippen LogP contribution in [0.2, 0.25) is 0 Å². The Balaban J connectivity index is 2.30. The predicted molar refractivity (Wildman–Crippen MR) is 91.6 cm³/mol. The monoisotopic (exact) mass is 279 g/mol. The molecule has 0 atom stereocenters. The summed E-state index contributed by atoms with van der Waals surface area (Å²) in [4.78, 5) is 4.58. The van der Waals surface area contributed by atoms with Crippen LogP contribution in [0.1, 0.15) is 58.4 Å². The molecule has 110 valence electrons. The van der Waals surface area contributed by atoms with Crippen LogP contribution >= 0.6 is 0 Å². The number of rotatable bonds is 1. The van der Waals surface area contributed by atoms with Crippen molar-refractivity contribution in [3.63, 3.8) is 0 Å². The molecule has 0 saturated heterocycles. The third-order valence-electron chi connectivity index (χ3n) is 4.70. The van der Waals surface area contributed by atoms with Crippen LogP contribution in [0.15, 0.2) is 30.0 Å². The molecular weight excluding hydrogens is 254 g/mol. The zero-order chi connectivity index (χ0) is 15.4. The Labute approximate surface area is 128 Å². The van der Waals surface area contributed by atoms with Gasteiger partial charge in [-0.15, -0.1) is 0 Å². The van der Waals surface area contributed by atoms with Crippen LogP contribution in [0.3, 0.4) is 0 Å². The van der Waals surface area contributed by atoms with E-state index in [9.17, 15) is 0 Å². The Morgan fingerprint density at radius 1 is 1.14 bits per heavy atom. The van der Waals surface area contributed by atoms with Crippen LogP contribution in [0.4, 0.5) is 0 Å². The Hall–Kier alpha value is -1.63. The second kappa shape index (κ2) is 4.43. The molecule has 2 aromatic rings. The number of allylic oxidation sites excluding steroid dienone is 1. The van der Waals surface area contributed by atoms with E-state index in [1.54, 1.807) is 0 Å². The average molecular weight is 279 g/mol. The van der Waals surface area contributed by atoms with Gasteiger partial charge in [-0.1, -0.05) is 52.3 Å². The molecule has 0 aliphatic heterocycles. The number of aromatic nitrogens is 1. The van der Waals surface area contributed by atoms with E-state index >= 15 is 0 Å². The van der Waals surface area contributed by atoms with Crippen molar-refractivity contribution in [1.82, 2.24) is 4.98 Å². The highest BCUT2D eigenvalue weighted by molar-refractivity contribution is 5.96. The van der Waals surface area contributed by atoms with Crippen LogP contribution < -0.4 is 0 Å². The van der Waals surface area contributed by atoms with Gasteiger partial charge >= 0.3 is 0 Å². The summed E-state index contributed by atoms with van der Waals surface area (Å²) in [5.74, 6) is 0. The van der Waals surface area contributed by atoms with Crippen molar-refractivity contribution in [1.29, 1.82) is 0 Å². The Morgan fingerprint density at radius 3 is 2.52 bits per heavy atom. The lowest BCUT2D eigenvalue weighted by molar-refractivity contribution is 0.411. The Morgan fingerprint density at radius 2 is 1.86 bits per heavy atom. The van der Waals surface area contributed by atoms with Crippen molar-refractivity contribution in [3.05, 3.63) is 46.8 Å². The highest BCUT2D eigenvalue weighted by Crippen LogP contribution is 2.43. The van der Waals surface area contributed by atoms with Crippen molar-refractivity contribution in [2.24, 2.45) is 5.41 Å². The third kappa shape index (κ3) is 2.39. The van der Waals surface area contributed by atoms with Gasteiger partial charge in [0, 0.05) is 17.0 Å². The first-order chi connectivity index (χ1) is 9.68. The van der Waals surface area contributed by atoms with Crippen molar-refractivity contribution < 1.29 is 0 Å². The van der Waals surface area contributed by atoms with E-state index in [0.29, 0.717) is 5.41 Å². The van der Waals surface area contributed by atoms with Gasteiger partial charge < -0.3 is 0 Å². The van der Waals surface area contributed by atoms with E-state index in [2.05, 4.69) is 70.8 Å². The molecule has 0 fully saturated rings. The fourth-order valence-corrected chi connectivity index (χ4v) is 3.32. The molecule has 1 aliphatic rings. The van der Waals surface area contributed by atoms with Gasteiger partial charge in [-0.25, -0.2) is 0 Å². The molecule has 21 heavy (non-hydrogen) atoms. The van der Waals surface area contributed by atoms with Gasteiger partial charge in [0.05, 0.1) is 5.69 Å². The summed E-state index contributed by atoms with van der Waals surface area (Å²) in [6.07, 6.45) is 5.29. The summed E-state index contributed by atoms with van der Waals surface area (Å²) < 4.78 is 0. The fraction of sp³-hybridized carbons (Fsp3) is 0.450. The molecule has 1 aliphatic carbocycles. The van der Waals surface area contributed by atoms with Crippen LogP contribution in [0, 0.1) is 5.41 Å². The van der Waals surface area contributed by atoms with Crippen molar-refractivity contribution in [2.75, 3.05) is 0 Å². The second-order valence-electron chi connectivity index (χ2n) is 8.13. The van der Waals surface area contributed by atoms with Crippen LogP contribution in [0.25, 0.3) is 16.8 Å². The minimum absolute atomic E-state index is 0.0855. The largest absolute Gasteiger partial charge is 0.256 e. The van der Waals surface area contributed by atoms with Gasteiger partial charge in [-0.05, 0) is 47.4 Å². The first-order valence-corrected chi connectivity index (χ1v) is 7.79. The smallest absolute Gasteiger partial charge is 0.0710 e. The normalized spacial score (nSPS) is 17.0. The van der Waals surface area contributed by atoms with Gasteiger partial charge in [-0.2, -0.15) is 0 Å². The SMILES string of the molecule is CC1=Cc2nccc3cc(CC(C)(C)C)cc(c23)C1(C)C. The Kier molecular flexibility index (Phi) is 3.02. The lowest BCUT2D eigenvalue weighted by atomic mass is 9.71. The summed E-state index contributed by atoms with van der Waals surface area (Å²) in [5.41, 5.74) is 5.78. The van der Waals surface area contributed by atoms with Crippen LogP contribution in [-0.4, -0.2) is 4.98 Å². The minimum Gasteiger partial charge on any atom is -0.256 e. The number of nitrogens with zero attached hydrogens (tertiary/aromatic N) is 1. The Bertz CT molecular complexity index is 742. The standard InChI is InChI=1S/C20H25N/c1-13-9-17-18-15(7-8-21-17)10-14(12-19(2,3)4)11-16(18)20(13,5)6/h7-11H,12H2,1-6H3. The highest BCUT2D eigenvalue weighted by atomic mass is 14.7. The molecule has 0 bridgehead atoms. The maximum absolute atomic E-state index is 4.58. The number of hydrogen-bond donors (Lipinski definition) is 0.